The molecule has 2 heterocycles. The molecule has 1 aliphatic heterocycles. The minimum absolute atomic E-state index is 0.0135. The monoisotopic (exact) mass is 415 g/mol. The predicted octanol–water partition coefficient (Wildman–Crippen LogP) is 4.19. The van der Waals surface area contributed by atoms with Crippen LogP contribution in [0.5, 0.6) is 0 Å². The molecule has 0 atom stereocenters. The Morgan fingerprint density at radius 2 is 1.89 bits per heavy atom. The molecular formula is C18H17ClF3N3OS. The molecule has 0 saturated carbocycles. The maximum absolute atomic E-state index is 12.9. The second-order valence-electron chi connectivity index (χ2n) is 6.02. The number of alkyl halides is 3. The Kier molecular flexibility index (Phi) is 6.16. The molecule has 0 bridgehead atoms. The van der Waals surface area contributed by atoms with E-state index in [1.807, 2.05) is 4.90 Å². The largest absolute Gasteiger partial charge is 0.416 e. The van der Waals surface area contributed by atoms with Crippen molar-refractivity contribution in [3.8, 4) is 0 Å². The second-order valence-corrected chi connectivity index (χ2v) is 7.45. The third kappa shape index (κ3) is 5.29. The van der Waals surface area contributed by atoms with Crippen LogP contribution in [0.15, 0.2) is 47.6 Å². The van der Waals surface area contributed by atoms with Gasteiger partial charge in [0, 0.05) is 38.1 Å². The van der Waals surface area contributed by atoms with Crippen LogP contribution in [0.25, 0.3) is 0 Å². The quantitative estimate of drug-likeness (QED) is 0.701. The highest BCUT2D eigenvalue weighted by molar-refractivity contribution is 7.99. The van der Waals surface area contributed by atoms with Gasteiger partial charge in [0.1, 0.15) is 0 Å². The summed E-state index contributed by atoms with van der Waals surface area (Å²) in [6.07, 6.45) is -2.83. The lowest BCUT2D eigenvalue weighted by atomic mass is 10.1. The van der Waals surface area contributed by atoms with Crippen LogP contribution in [-0.4, -0.2) is 47.7 Å². The first-order chi connectivity index (χ1) is 12.8. The summed E-state index contributed by atoms with van der Waals surface area (Å²) in [6.45, 7) is 1.95. The summed E-state index contributed by atoms with van der Waals surface area (Å²) in [4.78, 5) is 20.1. The molecule has 3 rings (SSSR count). The average Bonchev–Trinajstić information content (AvgIpc) is 2.67. The van der Waals surface area contributed by atoms with Crippen molar-refractivity contribution in [1.29, 1.82) is 0 Å². The first-order valence-corrected chi connectivity index (χ1v) is 9.63. The van der Waals surface area contributed by atoms with Crippen LogP contribution < -0.4 is 4.90 Å². The number of benzene rings is 1. The number of halogens is 4. The van der Waals surface area contributed by atoms with Crippen LogP contribution in [-0.2, 0) is 11.0 Å². The van der Waals surface area contributed by atoms with Crippen molar-refractivity contribution in [1.82, 2.24) is 9.88 Å². The van der Waals surface area contributed by atoms with E-state index in [0.717, 1.165) is 17.2 Å². The fraction of sp³-hybridized carbons (Fsp3) is 0.333. The van der Waals surface area contributed by atoms with Gasteiger partial charge in [-0.15, -0.1) is 0 Å². The topological polar surface area (TPSA) is 36.4 Å². The Bertz CT molecular complexity index is 793. The van der Waals surface area contributed by atoms with E-state index in [2.05, 4.69) is 4.98 Å². The Balaban J connectivity index is 1.52. The first kappa shape index (κ1) is 19.8. The Hall–Kier alpha value is -1.93. The summed E-state index contributed by atoms with van der Waals surface area (Å²) in [5, 5.41) is 1.26. The molecule has 0 N–H and O–H groups in total. The van der Waals surface area contributed by atoms with E-state index in [1.54, 1.807) is 23.1 Å². The van der Waals surface area contributed by atoms with E-state index in [-0.39, 0.29) is 11.7 Å². The normalized spacial score (nSPS) is 15.1. The molecule has 9 heteroatoms. The summed E-state index contributed by atoms with van der Waals surface area (Å²) in [6, 6.07) is 8.76. The van der Waals surface area contributed by atoms with Crippen LogP contribution >= 0.6 is 23.4 Å². The van der Waals surface area contributed by atoms with Crippen LogP contribution in [0, 0.1) is 0 Å². The van der Waals surface area contributed by atoms with Gasteiger partial charge in [-0.3, -0.25) is 4.79 Å². The SMILES string of the molecule is O=C(CSc1ccc(Cl)cn1)N1CCN(c2cccc(C(F)(F)F)c2)CC1. The second kappa shape index (κ2) is 8.39. The number of hydrogen-bond donors (Lipinski definition) is 0. The number of hydrogen-bond acceptors (Lipinski definition) is 4. The molecule has 1 saturated heterocycles. The maximum atomic E-state index is 12.9. The summed E-state index contributed by atoms with van der Waals surface area (Å²) in [5.74, 6) is 0.249. The minimum Gasteiger partial charge on any atom is -0.368 e. The lowest BCUT2D eigenvalue weighted by molar-refractivity contribution is -0.137. The van der Waals surface area contributed by atoms with Crippen molar-refractivity contribution in [3.63, 3.8) is 0 Å². The molecule has 144 valence electrons. The first-order valence-electron chi connectivity index (χ1n) is 8.27. The molecular weight excluding hydrogens is 399 g/mol. The van der Waals surface area contributed by atoms with Crippen LogP contribution in [0.2, 0.25) is 5.02 Å². The minimum atomic E-state index is -4.36. The Morgan fingerprint density at radius 3 is 2.52 bits per heavy atom. The van der Waals surface area contributed by atoms with Gasteiger partial charge in [0.15, 0.2) is 0 Å². The lowest BCUT2D eigenvalue weighted by Crippen LogP contribution is -2.49. The van der Waals surface area contributed by atoms with E-state index in [9.17, 15) is 18.0 Å². The summed E-state index contributed by atoms with van der Waals surface area (Å²) < 4.78 is 38.6. The van der Waals surface area contributed by atoms with E-state index >= 15 is 0 Å². The number of anilines is 1. The highest BCUT2D eigenvalue weighted by atomic mass is 35.5. The van der Waals surface area contributed by atoms with Gasteiger partial charge in [-0.1, -0.05) is 29.4 Å². The van der Waals surface area contributed by atoms with E-state index < -0.39 is 11.7 Å². The molecule has 0 unspecified atom stereocenters. The maximum Gasteiger partial charge on any atom is 0.416 e. The lowest BCUT2D eigenvalue weighted by Gasteiger charge is -2.36. The standard InChI is InChI=1S/C18H17ClF3N3OS/c19-14-4-5-16(23-11-14)27-12-17(26)25-8-6-24(7-9-25)15-3-1-2-13(10-15)18(20,21)22/h1-5,10-11H,6-9,12H2. The number of piperazine rings is 1. The smallest absolute Gasteiger partial charge is 0.368 e. The van der Waals surface area contributed by atoms with Crippen molar-refractivity contribution in [3.05, 3.63) is 53.2 Å². The molecule has 1 aromatic heterocycles. The molecule has 1 amide bonds. The number of pyridine rings is 1. The van der Waals surface area contributed by atoms with E-state index in [4.69, 9.17) is 11.6 Å². The fourth-order valence-corrected chi connectivity index (χ4v) is 3.62. The van der Waals surface area contributed by atoms with Gasteiger partial charge in [-0.05, 0) is 30.3 Å². The summed E-state index contributed by atoms with van der Waals surface area (Å²) in [7, 11) is 0. The van der Waals surface area contributed by atoms with Gasteiger partial charge >= 0.3 is 6.18 Å². The van der Waals surface area contributed by atoms with Gasteiger partial charge in [0.05, 0.1) is 21.4 Å². The molecule has 27 heavy (non-hydrogen) atoms. The zero-order chi connectivity index (χ0) is 19.4. The van der Waals surface area contributed by atoms with Crippen LogP contribution in [0.3, 0.4) is 0 Å². The van der Waals surface area contributed by atoms with Crippen molar-refractivity contribution in [2.75, 3.05) is 36.8 Å². The molecule has 1 aliphatic rings. The van der Waals surface area contributed by atoms with E-state index in [1.165, 1.54) is 24.0 Å². The van der Waals surface area contributed by atoms with Gasteiger partial charge in [-0.2, -0.15) is 13.2 Å². The number of aromatic nitrogens is 1. The van der Waals surface area contributed by atoms with Crippen molar-refractivity contribution in [2.24, 2.45) is 0 Å². The third-order valence-corrected chi connectivity index (χ3v) is 5.37. The number of carbonyl (C=O) groups excluding carboxylic acids is 1. The molecule has 0 radical (unpaired) electrons. The number of nitrogens with zero attached hydrogens (tertiary/aromatic N) is 3. The van der Waals surface area contributed by atoms with Gasteiger partial charge in [0.25, 0.3) is 0 Å². The number of thioether (sulfide) groups is 1. The molecule has 0 spiro atoms. The zero-order valence-electron chi connectivity index (χ0n) is 14.2. The molecule has 4 nitrogen and oxygen atoms in total. The van der Waals surface area contributed by atoms with Crippen LogP contribution in [0.1, 0.15) is 5.56 Å². The molecule has 1 aromatic carbocycles. The van der Waals surface area contributed by atoms with Crippen LogP contribution in [0.4, 0.5) is 18.9 Å². The summed E-state index contributed by atoms with van der Waals surface area (Å²) >= 11 is 7.11. The highest BCUT2D eigenvalue weighted by Gasteiger charge is 2.31. The van der Waals surface area contributed by atoms with Crippen molar-refractivity contribution >= 4 is 35.0 Å². The van der Waals surface area contributed by atoms with Crippen molar-refractivity contribution < 1.29 is 18.0 Å². The van der Waals surface area contributed by atoms with Gasteiger partial charge in [-0.25, -0.2) is 4.98 Å². The predicted molar refractivity (Wildman–Crippen MR) is 100 cm³/mol. The van der Waals surface area contributed by atoms with Gasteiger partial charge in [0.2, 0.25) is 5.91 Å². The van der Waals surface area contributed by atoms with Gasteiger partial charge < -0.3 is 9.80 Å². The number of carbonyl (C=O) groups is 1. The van der Waals surface area contributed by atoms with Crippen molar-refractivity contribution in [2.45, 2.75) is 11.2 Å². The average molecular weight is 416 g/mol. The molecule has 1 fully saturated rings. The molecule has 2 aromatic rings. The highest BCUT2D eigenvalue weighted by Crippen LogP contribution is 2.32. The summed E-state index contributed by atoms with van der Waals surface area (Å²) in [5.41, 5.74) is -0.137. The number of rotatable bonds is 4. The Labute approximate surface area is 164 Å². The Morgan fingerprint density at radius 1 is 1.15 bits per heavy atom. The molecule has 0 aliphatic carbocycles. The fourth-order valence-electron chi connectivity index (χ4n) is 2.77. The van der Waals surface area contributed by atoms with E-state index in [0.29, 0.717) is 36.9 Å². The number of amides is 1. The zero-order valence-corrected chi connectivity index (χ0v) is 15.8. The third-order valence-electron chi connectivity index (χ3n) is 4.21.